The Morgan fingerprint density at radius 3 is 1.65 bits per heavy atom. The van der Waals surface area contributed by atoms with Crippen LogP contribution in [-0.2, 0) is 0 Å². The van der Waals surface area contributed by atoms with E-state index in [0.717, 1.165) is 0 Å². The Morgan fingerprint density at radius 1 is 0.261 bits per heavy atom. The Labute approximate surface area is 306 Å². The summed E-state index contributed by atoms with van der Waals surface area (Å²) in [6.45, 7) is 0. The van der Waals surface area contributed by atoms with Crippen molar-refractivity contribution < 1.29 is 38.4 Å². The van der Waals surface area contributed by atoms with Gasteiger partial charge in [-0.3, -0.25) is 0 Å². The molecule has 0 N–H and O–H groups in total. The van der Waals surface area contributed by atoms with Crippen LogP contribution >= 0.6 is 0 Å². The van der Waals surface area contributed by atoms with Gasteiger partial charge >= 0.3 is 0 Å². The highest BCUT2D eigenvalue weighted by molar-refractivity contribution is 6.20. The molecule has 0 radical (unpaired) electrons. The molecular weight excluding hydrogens is 553 g/mol. The van der Waals surface area contributed by atoms with Crippen LogP contribution in [0.3, 0.4) is 0 Å². The van der Waals surface area contributed by atoms with Crippen LogP contribution in [0.4, 0.5) is 0 Å². The molecule has 0 aromatic heterocycles. The highest BCUT2D eigenvalue weighted by atomic mass is 14.2. The molecule has 0 saturated heterocycles. The molecule has 46 heavy (non-hydrogen) atoms. The third kappa shape index (κ3) is 3.81. The number of hydrogen-bond donors (Lipinski definition) is 0. The molecule has 0 heterocycles. The van der Waals surface area contributed by atoms with E-state index in [1.807, 2.05) is 0 Å². The van der Waals surface area contributed by atoms with Crippen molar-refractivity contribution in [3.05, 3.63) is 169 Å². The topological polar surface area (TPSA) is 0 Å². The van der Waals surface area contributed by atoms with Gasteiger partial charge in [0.15, 0.2) is 0 Å². The molecule has 0 aliphatic carbocycles. The Kier molecular flexibility index (Phi) is 2.18. The Bertz CT molecular complexity index is 4450. The van der Waals surface area contributed by atoms with E-state index in [1.165, 1.54) is 0 Å². The lowest BCUT2D eigenvalue weighted by Crippen LogP contribution is -1.88. The number of benzene rings is 10. The lowest BCUT2D eigenvalue weighted by molar-refractivity contribution is 1.68. The van der Waals surface area contributed by atoms with Gasteiger partial charge in [-0.05, 0) is 128 Å². The zero-order valence-corrected chi connectivity index (χ0v) is 23.0. The van der Waals surface area contributed by atoms with E-state index in [4.69, 9.17) is 23.3 Å². The second kappa shape index (κ2) is 9.76. The highest BCUT2D eigenvalue weighted by Crippen LogP contribution is 2.41. The summed E-state index contributed by atoms with van der Waals surface area (Å²) in [6.07, 6.45) is 0. The third-order valence-corrected chi connectivity index (χ3v) is 7.69. The highest BCUT2D eigenvalue weighted by Gasteiger charge is 2.14. The van der Waals surface area contributed by atoms with Crippen molar-refractivity contribution in [2.24, 2.45) is 0 Å². The maximum absolute atomic E-state index is 9.73. The molecule has 0 aliphatic rings. The van der Waals surface area contributed by atoms with Gasteiger partial charge in [-0.1, -0.05) is 139 Å². The van der Waals surface area contributed by atoms with Crippen molar-refractivity contribution in [1.29, 1.82) is 0 Å². The summed E-state index contributed by atoms with van der Waals surface area (Å²) < 4.78 is 252. The Balaban J connectivity index is 1.42. The zero-order valence-electron chi connectivity index (χ0n) is 51.0. The standard InChI is InChI=1S/C46H28/c1-2-10-31-27-44-36(24-30(31)9-1)21-22-42-39(14-7-15-41(42)44)35-18-16-33-26-37(19-17-32(33)25-35)46-40-13-6-4-11-34(40)28-45-38-12-5-3-8-29(38)20-23-43(45)46/h1-28H/i1D,2D,3D,4D,5D,6D,7D,8D,9D,10D,11D,12D,13D,14D,15D,16D,17D,18D,19D,20D,21D,22D,23D,24D,25D,26D,27D,28D. The summed E-state index contributed by atoms with van der Waals surface area (Å²) in [5.74, 6) is 0. The molecule has 0 atom stereocenters. The van der Waals surface area contributed by atoms with Crippen LogP contribution in [0.1, 0.15) is 38.4 Å². The largest absolute Gasteiger partial charge is 0.0636 e. The fourth-order valence-corrected chi connectivity index (χ4v) is 5.62. The smallest absolute Gasteiger partial charge is 0.0616 e. The van der Waals surface area contributed by atoms with E-state index in [-0.39, 0.29) is 0 Å². The molecule has 0 aliphatic heterocycles. The van der Waals surface area contributed by atoms with Crippen molar-refractivity contribution >= 4 is 75.4 Å². The van der Waals surface area contributed by atoms with Gasteiger partial charge in [0.25, 0.3) is 0 Å². The molecule has 0 amide bonds. The predicted octanol–water partition coefficient (Wildman–Crippen LogP) is 13.1. The molecule has 0 heteroatoms. The minimum atomic E-state index is -1.04. The van der Waals surface area contributed by atoms with Crippen molar-refractivity contribution in [3.63, 3.8) is 0 Å². The number of rotatable bonds is 2. The van der Waals surface area contributed by atoms with E-state index in [1.54, 1.807) is 0 Å². The summed E-state index contributed by atoms with van der Waals surface area (Å²) in [4.78, 5) is 0. The van der Waals surface area contributed by atoms with Gasteiger partial charge in [0.05, 0.1) is 38.4 Å². The first-order valence-electron chi connectivity index (χ1n) is 27.8. The molecule has 10 aromatic rings. The first kappa shape index (κ1) is 10.3. The molecule has 0 bridgehead atoms. The fraction of sp³-hybridized carbons (Fsp3) is 0. The first-order chi connectivity index (χ1) is 34.5. The fourth-order valence-electron chi connectivity index (χ4n) is 5.62. The average Bonchev–Trinajstić information content (AvgIpc) is 3.36. The van der Waals surface area contributed by atoms with Crippen molar-refractivity contribution in [1.82, 2.24) is 0 Å². The van der Waals surface area contributed by atoms with E-state index >= 15 is 0 Å². The predicted molar refractivity (Wildman–Crippen MR) is 200 cm³/mol. The third-order valence-electron chi connectivity index (χ3n) is 7.69. The van der Waals surface area contributed by atoms with Crippen molar-refractivity contribution in [3.8, 4) is 22.3 Å². The molecular formula is C46H28. The molecule has 0 spiro atoms. The van der Waals surface area contributed by atoms with Crippen molar-refractivity contribution in [2.45, 2.75) is 0 Å². The molecule has 0 nitrogen and oxygen atoms in total. The van der Waals surface area contributed by atoms with Crippen LogP contribution in [-0.4, -0.2) is 0 Å². The lowest BCUT2D eigenvalue weighted by Gasteiger charge is -2.15. The summed E-state index contributed by atoms with van der Waals surface area (Å²) in [6, 6.07) is -24.5. The second-order valence-corrected chi connectivity index (χ2v) is 10.2. The van der Waals surface area contributed by atoms with Gasteiger partial charge in [-0.15, -0.1) is 0 Å². The molecule has 212 valence electrons. The Hall–Kier alpha value is -5.98. The SMILES string of the molecule is [2H]c1c(-c2c3c([2H])c([2H])c([2H])c([2H])c3c([2H])c3c2c([2H])c([2H])c2c([2H])c([2H])c([2H])c([2H])c23)c([2H])c2c([2H])c([2H])c(-c3c([2H])c([2H])c([2H])c4c3c([2H])c([2H])c3c([2H])c5c([2H])c([2H])c([2H])c([2H])c5c([2H])c34)c([2H])c2c1[2H]. The maximum atomic E-state index is 9.73. The number of fused-ring (bicyclic) bond motifs is 9. The van der Waals surface area contributed by atoms with E-state index in [9.17, 15) is 15.1 Å². The lowest BCUT2D eigenvalue weighted by atomic mass is 9.88. The van der Waals surface area contributed by atoms with Crippen LogP contribution in [0.5, 0.6) is 0 Å². The van der Waals surface area contributed by atoms with Gasteiger partial charge in [0.1, 0.15) is 0 Å². The van der Waals surface area contributed by atoms with Crippen LogP contribution in [0.15, 0.2) is 169 Å². The quantitative estimate of drug-likeness (QED) is 0.135. The van der Waals surface area contributed by atoms with E-state index in [2.05, 4.69) is 0 Å². The normalized spacial score (nSPS) is 20.4. The van der Waals surface area contributed by atoms with Crippen LogP contribution in [0.2, 0.25) is 0 Å². The van der Waals surface area contributed by atoms with Gasteiger partial charge < -0.3 is 0 Å². The summed E-state index contributed by atoms with van der Waals surface area (Å²) in [5, 5.41) is -8.24. The maximum Gasteiger partial charge on any atom is 0.0636 e. The zero-order chi connectivity index (χ0) is 54.6. The van der Waals surface area contributed by atoms with E-state index < -0.39 is 267 Å². The minimum absolute atomic E-state index is 0.483. The second-order valence-electron chi connectivity index (χ2n) is 10.2. The van der Waals surface area contributed by atoms with E-state index in [0.29, 0.717) is 0 Å². The van der Waals surface area contributed by atoms with Gasteiger partial charge in [0, 0.05) is 0 Å². The summed E-state index contributed by atoms with van der Waals surface area (Å²) >= 11 is 0. The molecule has 0 unspecified atom stereocenters. The molecule has 0 saturated carbocycles. The first-order valence-corrected chi connectivity index (χ1v) is 13.8. The minimum Gasteiger partial charge on any atom is -0.0616 e. The average molecular weight is 609 g/mol. The Morgan fingerprint density at radius 2 is 0.804 bits per heavy atom. The van der Waals surface area contributed by atoms with Crippen LogP contribution in [0.25, 0.3) is 97.7 Å². The number of hydrogen-bond acceptors (Lipinski definition) is 0. The summed E-state index contributed by atoms with van der Waals surface area (Å²) in [5.41, 5.74) is -2.97. The van der Waals surface area contributed by atoms with Gasteiger partial charge in [-0.2, -0.15) is 0 Å². The summed E-state index contributed by atoms with van der Waals surface area (Å²) in [7, 11) is 0. The van der Waals surface area contributed by atoms with Gasteiger partial charge in [0.2, 0.25) is 0 Å². The van der Waals surface area contributed by atoms with Crippen LogP contribution < -0.4 is 0 Å². The molecule has 10 rings (SSSR count). The molecule has 0 fully saturated rings. The van der Waals surface area contributed by atoms with Crippen LogP contribution in [0, 0.1) is 0 Å². The monoisotopic (exact) mass is 608 g/mol. The van der Waals surface area contributed by atoms with Crippen molar-refractivity contribution in [2.75, 3.05) is 0 Å². The van der Waals surface area contributed by atoms with Gasteiger partial charge in [-0.25, -0.2) is 0 Å². The molecule has 10 aromatic carbocycles.